The highest BCUT2D eigenvalue weighted by molar-refractivity contribution is 5.73. The molecule has 0 bridgehead atoms. The molecule has 1 unspecified atom stereocenters. The molecular weight excluding hydrogens is 288 g/mol. The quantitative estimate of drug-likeness (QED) is 0.360. The third-order valence-corrected chi connectivity index (χ3v) is 3.03. The van der Waals surface area contributed by atoms with Gasteiger partial charge in [0, 0.05) is 0 Å². The van der Waals surface area contributed by atoms with E-state index in [2.05, 4.69) is 0 Å². The molecule has 2 rings (SSSR count). The number of hydrogen-bond acceptors (Lipinski definition) is 8. The monoisotopic (exact) mass is 302 g/mol. The number of carboxylic acid groups (broad SMARTS) is 1. The predicted octanol–water partition coefficient (Wildman–Crippen LogP) is -1.63. The molecule has 9 nitrogen and oxygen atoms in total. The molecule has 1 aromatic carbocycles. The van der Waals surface area contributed by atoms with Crippen LogP contribution in [0, 0.1) is 0 Å². The minimum atomic E-state index is -1.84. The Balaban J connectivity index is 2.22. The molecule has 6 N–H and O–H groups in total. The van der Waals surface area contributed by atoms with Gasteiger partial charge in [0.25, 0.3) is 0 Å². The summed E-state index contributed by atoms with van der Waals surface area (Å²) in [5, 5.41) is 56.6. The Morgan fingerprint density at radius 3 is 2.38 bits per heavy atom. The fourth-order valence-electron chi connectivity index (χ4n) is 1.88. The van der Waals surface area contributed by atoms with Gasteiger partial charge in [-0.25, -0.2) is 4.79 Å². The number of aliphatic carboxylic acids is 1. The van der Waals surface area contributed by atoms with Gasteiger partial charge in [-0.05, 0) is 12.1 Å². The van der Waals surface area contributed by atoms with Crippen molar-refractivity contribution < 1.29 is 44.9 Å². The normalized spacial score (nSPS) is 32.6. The van der Waals surface area contributed by atoms with Crippen molar-refractivity contribution in [1.29, 1.82) is 0 Å². The zero-order chi connectivity index (χ0) is 15.7. The molecule has 0 aliphatic carbocycles. The van der Waals surface area contributed by atoms with Crippen LogP contribution < -0.4 is 4.74 Å². The van der Waals surface area contributed by atoms with Gasteiger partial charge >= 0.3 is 5.97 Å². The van der Waals surface area contributed by atoms with Gasteiger partial charge in [0.2, 0.25) is 12.0 Å². The fraction of sp³-hybridized carbons (Fsp3) is 0.417. The second-order valence-corrected chi connectivity index (χ2v) is 4.48. The average Bonchev–Trinajstić information content (AvgIpc) is 2.43. The van der Waals surface area contributed by atoms with Crippen LogP contribution in [0.4, 0.5) is 0 Å². The van der Waals surface area contributed by atoms with Gasteiger partial charge in [0.1, 0.15) is 18.3 Å². The van der Waals surface area contributed by atoms with Gasteiger partial charge in [0.15, 0.2) is 17.6 Å². The third-order valence-electron chi connectivity index (χ3n) is 3.03. The van der Waals surface area contributed by atoms with Gasteiger partial charge in [-0.15, -0.1) is 0 Å². The van der Waals surface area contributed by atoms with Gasteiger partial charge in [0.05, 0.1) is 0 Å². The number of ether oxygens (including phenoxy) is 2. The minimum absolute atomic E-state index is 0.285. The number of para-hydroxylation sites is 1. The summed E-state index contributed by atoms with van der Waals surface area (Å²) < 4.78 is 9.93. The van der Waals surface area contributed by atoms with Crippen LogP contribution >= 0.6 is 0 Å². The van der Waals surface area contributed by atoms with Crippen molar-refractivity contribution in [3.8, 4) is 17.2 Å². The first kappa shape index (κ1) is 15.3. The molecule has 116 valence electrons. The predicted molar refractivity (Wildman–Crippen MR) is 64.7 cm³/mol. The van der Waals surface area contributed by atoms with Crippen LogP contribution in [0.25, 0.3) is 0 Å². The second-order valence-electron chi connectivity index (χ2n) is 4.48. The van der Waals surface area contributed by atoms with E-state index in [1.165, 1.54) is 18.2 Å². The zero-order valence-corrected chi connectivity index (χ0v) is 10.5. The van der Waals surface area contributed by atoms with Crippen molar-refractivity contribution in [3.05, 3.63) is 18.2 Å². The van der Waals surface area contributed by atoms with Crippen LogP contribution in [0.5, 0.6) is 17.2 Å². The van der Waals surface area contributed by atoms with E-state index in [4.69, 9.17) is 14.6 Å². The van der Waals surface area contributed by atoms with Gasteiger partial charge in [-0.2, -0.15) is 0 Å². The highest BCUT2D eigenvalue weighted by Crippen LogP contribution is 2.36. The van der Waals surface area contributed by atoms with E-state index in [-0.39, 0.29) is 5.75 Å². The lowest BCUT2D eigenvalue weighted by Crippen LogP contribution is -2.61. The maximum Gasteiger partial charge on any atom is 0.335 e. The topological polar surface area (TPSA) is 157 Å². The maximum atomic E-state index is 10.9. The molecule has 1 saturated heterocycles. The number of aromatic hydroxyl groups is 2. The first-order valence-corrected chi connectivity index (χ1v) is 5.93. The molecule has 1 aliphatic heterocycles. The molecule has 0 radical (unpaired) electrons. The average molecular weight is 302 g/mol. The summed E-state index contributed by atoms with van der Waals surface area (Å²) in [6.07, 6.45) is -8.87. The van der Waals surface area contributed by atoms with Gasteiger partial charge in [-0.3, -0.25) is 0 Å². The van der Waals surface area contributed by atoms with E-state index in [0.29, 0.717) is 0 Å². The third kappa shape index (κ3) is 2.85. The van der Waals surface area contributed by atoms with Crippen LogP contribution in [-0.4, -0.2) is 67.3 Å². The van der Waals surface area contributed by atoms with Crippen molar-refractivity contribution in [3.63, 3.8) is 0 Å². The molecular formula is C12H14O9. The lowest BCUT2D eigenvalue weighted by molar-refractivity contribution is -0.271. The number of carbonyl (C=O) groups is 1. The summed E-state index contributed by atoms with van der Waals surface area (Å²) in [5.74, 6) is -2.97. The Bertz CT molecular complexity index is 531. The van der Waals surface area contributed by atoms with Crippen molar-refractivity contribution in [1.82, 2.24) is 0 Å². The SMILES string of the molecule is O=C(O)[C@H]1OC(Oc2cccc(O)c2O)[C@H](O)[C@@H](O)[C@@H]1O. The molecule has 5 atom stereocenters. The van der Waals surface area contributed by atoms with Gasteiger partial charge < -0.3 is 40.1 Å². The summed E-state index contributed by atoms with van der Waals surface area (Å²) in [5.41, 5.74) is 0. The van der Waals surface area contributed by atoms with E-state index < -0.39 is 48.2 Å². The lowest BCUT2D eigenvalue weighted by atomic mass is 9.99. The Kier molecular flexibility index (Phi) is 4.19. The maximum absolute atomic E-state index is 10.9. The molecule has 0 aromatic heterocycles. The molecule has 1 aliphatic rings. The zero-order valence-electron chi connectivity index (χ0n) is 10.5. The summed E-state index contributed by atoms with van der Waals surface area (Å²) >= 11 is 0. The van der Waals surface area contributed by atoms with Crippen LogP contribution in [-0.2, 0) is 9.53 Å². The molecule has 21 heavy (non-hydrogen) atoms. The number of carboxylic acids is 1. The van der Waals surface area contributed by atoms with Crippen molar-refractivity contribution in [2.75, 3.05) is 0 Å². The summed E-state index contributed by atoms with van der Waals surface area (Å²) in [7, 11) is 0. The fourth-order valence-corrected chi connectivity index (χ4v) is 1.88. The van der Waals surface area contributed by atoms with Gasteiger partial charge in [-0.1, -0.05) is 6.07 Å². The largest absolute Gasteiger partial charge is 0.504 e. The van der Waals surface area contributed by atoms with Crippen LogP contribution in [0.1, 0.15) is 0 Å². The standard InChI is InChI=1S/C12H14O9/c13-4-2-1-3-5(6(4)14)20-12-9(17)7(15)8(16)10(21-12)11(18)19/h1-3,7-10,12-17H,(H,18,19)/t7-,8-,9+,10-,12?/m0/s1. The number of aliphatic hydroxyl groups excluding tert-OH is 3. The number of rotatable bonds is 3. The minimum Gasteiger partial charge on any atom is -0.504 e. The first-order chi connectivity index (χ1) is 9.82. The van der Waals surface area contributed by atoms with E-state index in [0.717, 1.165) is 0 Å². The molecule has 0 amide bonds. The van der Waals surface area contributed by atoms with Crippen molar-refractivity contribution in [2.24, 2.45) is 0 Å². The Labute approximate surface area is 118 Å². The summed E-state index contributed by atoms with van der Waals surface area (Å²) in [6.45, 7) is 0. The van der Waals surface area contributed by atoms with Crippen LogP contribution in [0.15, 0.2) is 18.2 Å². The smallest absolute Gasteiger partial charge is 0.335 e. The Hall–Kier alpha value is -2.07. The molecule has 9 heteroatoms. The highest BCUT2D eigenvalue weighted by Gasteiger charge is 2.48. The van der Waals surface area contributed by atoms with E-state index in [9.17, 15) is 30.3 Å². The number of benzene rings is 1. The molecule has 1 fully saturated rings. The number of phenols is 2. The summed E-state index contributed by atoms with van der Waals surface area (Å²) in [4.78, 5) is 10.9. The number of hydrogen-bond donors (Lipinski definition) is 6. The van der Waals surface area contributed by atoms with E-state index in [1.54, 1.807) is 0 Å². The van der Waals surface area contributed by atoms with Crippen LogP contribution in [0.3, 0.4) is 0 Å². The van der Waals surface area contributed by atoms with Crippen molar-refractivity contribution in [2.45, 2.75) is 30.7 Å². The van der Waals surface area contributed by atoms with E-state index >= 15 is 0 Å². The molecule has 0 saturated carbocycles. The molecule has 0 spiro atoms. The Morgan fingerprint density at radius 2 is 1.76 bits per heavy atom. The molecule has 1 heterocycles. The Morgan fingerprint density at radius 1 is 1.10 bits per heavy atom. The molecule has 1 aromatic rings. The number of phenolic OH excluding ortho intramolecular Hbond substituents is 2. The van der Waals surface area contributed by atoms with E-state index in [1.807, 2.05) is 0 Å². The second kappa shape index (κ2) is 5.74. The van der Waals surface area contributed by atoms with Crippen LogP contribution in [0.2, 0.25) is 0 Å². The highest BCUT2D eigenvalue weighted by atomic mass is 16.7. The lowest BCUT2D eigenvalue weighted by Gasteiger charge is -2.38. The number of aliphatic hydroxyl groups is 3. The summed E-state index contributed by atoms with van der Waals surface area (Å²) in [6, 6.07) is 3.75. The van der Waals surface area contributed by atoms with Crippen molar-refractivity contribution >= 4 is 5.97 Å². The first-order valence-electron chi connectivity index (χ1n) is 5.93.